The molecule has 0 bridgehead atoms. The molecule has 0 amide bonds. The predicted octanol–water partition coefficient (Wildman–Crippen LogP) is 8.10. The first-order valence-corrected chi connectivity index (χ1v) is 14.5. The van der Waals surface area contributed by atoms with Gasteiger partial charge in [0, 0.05) is 32.9 Å². The molecule has 0 saturated carbocycles. The number of aliphatic hydroxyl groups excluding tert-OH is 1. The number of nitrogens with zero attached hydrogens (tertiary/aromatic N) is 2. The molecule has 43 heavy (non-hydrogen) atoms. The third kappa shape index (κ3) is 5.09. The molecular weight excluding hydrogens is 564 g/mol. The number of aromatic nitrogens is 2. The van der Waals surface area contributed by atoms with Gasteiger partial charge in [0.25, 0.3) is 0 Å². The zero-order chi connectivity index (χ0) is 29.3. The lowest BCUT2D eigenvalue weighted by Crippen LogP contribution is -1.97. The Bertz CT molecular complexity index is 1850. The number of oxazole rings is 2. The second kappa shape index (κ2) is 11.3. The van der Waals surface area contributed by atoms with E-state index in [1.165, 1.54) is 0 Å². The van der Waals surface area contributed by atoms with E-state index in [4.69, 9.17) is 18.7 Å². The van der Waals surface area contributed by atoms with Crippen molar-refractivity contribution in [1.29, 1.82) is 0 Å². The Morgan fingerprint density at radius 1 is 0.651 bits per heavy atom. The van der Waals surface area contributed by atoms with E-state index >= 15 is 0 Å². The minimum Gasteiger partial charge on any atom is -0.481 e. The fraction of sp³-hybridized carbons (Fsp3) is 0.0882. The molecule has 0 radical (unpaired) electrons. The molecule has 8 nitrogen and oxygen atoms in total. The summed E-state index contributed by atoms with van der Waals surface area (Å²) in [6, 6.07) is 31.4. The fourth-order valence-corrected chi connectivity index (χ4v) is 6.15. The van der Waals surface area contributed by atoms with Gasteiger partial charge in [-0.15, -0.1) is 0 Å². The average Bonchev–Trinajstić information content (AvgIpc) is 3.60. The number of rotatable bonds is 4. The Morgan fingerprint density at radius 2 is 1.16 bits per heavy atom. The summed E-state index contributed by atoms with van der Waals surface area (Å²) in [5, 5.41) is 18.1. The summed E-state index contributed by atoms with van der Waals surface area (Å²) in [4.78, 5) is 22.0. The van der Waals surface area contributed by atoms with E-state index in [0.717, 1.165) is 43.5 Å². The van der Waals surface area contributed by atoms with Crippen LogP contribution in [0.2, 0.25) is 0 Å². The third-order valence-corrected chi connectivity index (χ3v) is 8.17. The van der Waals surface area contributed by atoms with Gasteiger partial charge >= 0.3 is 5.97 Å². The number of aliphatic carboxylic acids is 1. The molecule has 2 aromatic heterocycles. The van der Waals surface area contributed by atoms with Crippen LogP contribution in [0.5, 0.6) is 11.5 Å². The summed E-state index contributed by atoms with van der Waals surface area (Å²) in [5.74, 6) is 2.65. The second-order valence-corrected chi connectivity index (χ2v) is 10.9. The minimum absolute atomic E-state index is 0.0147. The van der Waals surface area contributed by atoms with Gasteiger partial charge in [-0.1, -0.05) is 72.4 Å². The molecule has 0 saturated heterocycles. The Morgan fingerprint density at radius 3 is 1.88 bits per heavy atom. The normalized spacial score (nSPS) is 11.9. The molecule has 212 valence electrons. The van der Waals surface area contributed by atoms with E-state index in [-0.39, 0.29) is 19.4 Å². The molecular formula is C34H24N2O6S. The maximum Gasteiger partial charge on any atom is 0.303 e. The van der Waals surface area contributed by atoms with E-state index in [1.54, 1.807) is 11.8 Å². The lowest BCUT2D eigenvalue weighted by Gasteiger charge is -2.07. The fourth-order valence-electron chi connectivity index (χ4n) is 5.07. The quantitative estimate of drug-likeness (QED) is 0.210. The van der Waals surface area contributed by atoms with Gasteiger partial charge in [0.1, 0.15) is 29.5 Å². The number of hydrogen-bond acceptors (Lipinski definition) is 8. The van der Waals surface area contributed by atoms with Crippen LogP contribution in [-0.2, 0) is 17.8 Å². The van der Waals surface area contributed by atoms with Crippen LogP contribution in [-0.4, -0.2) is 26.2 Å². The molecule has 4 heterocycles. The first-order chi connectivity index (χ1) is 21.1. The molecule has 0 spiro atoms. The van der Waals surface area contributed by atoms with Crippen LogP contribution in [0.4, 0.5) is 0 Å². The van der Waals surface area contributed by atoms with E-state index in [1.807, 2.05) is 84.9 Å². The van der Waals surface area contributed by atoms with Gasteiger partial charge in [0.15, 0.2) is 17.4 Å². The molecule has 2 N–H and O–H groups in total. The van der Waals surface area contributed by atoms with Gasteiger partial charge in [-0.2, -0.15) is 0 Å². The summed E-state index contributed by atoms with van der Waals surface area (Å²) in [6.45, 7) is -0.190. The summed E-state index contributed by atoms with van der Waals surface area (Å²) in [5.41, 5.74) is 5.22. The van der Waals surface area contributed by atoms with Crippen molar-refractivity contribution in [3.05, 3.63) is 109 Å². The highest BCUT2D eigenvalue weighted by molar-refractivity contribution is 7.99. The van der Waals surface area contributed by atoms with Crippen LogP contribution in [0, 0.1) is 0 Å². The van der Waals surface area contributed by atoms with Crippen molar-refractivity contribution in [2.24, 2.45) is 0 Å². The first kappa shape index (κ1) is 26.8. The number of carboxylic acid groups (broad SMARTS) is 1. The van der Waals surface area contributed by atoms with Crippen molar-refractivity contribution in [2.45, 2.75) is 29.2 Å². The Kier molecular flexibility index (Phi) is 7.02. The van der Waals surface area contributed by atoms with E-state index in [0.29, 0.717) is 34.7 Å². The Hall–Kier alpha value is -5.12. The van der Waals surface area contributed by atoms with Gasteiger partial charge in [-0.3, -0.25) is 4.79 Å². The number of hydrogen-bond donors (Lipinski definition) is 2. The number of para-hydroxylation sites is 2. The number of aliphatic hydroxyl groups is 1. The second-order valence-electron chi connectivity index (χ2n) is 9.81. The van der Waals surface area contributed by atoms with Gasteiger partial charge in [0.2, 0.25) is 5.89 Å². The van der Waals surface area contributed by atoms with Crippen molar-refractivity contribution in [1.82, 2.24) is 9.97 Å². The highest BCUT2D eigenvalue weighted by Gasteiger charge is 2.27. The molecule has 0 unspecified atom stereocenters. The number of carboxylic acids is 1. The molecule has 2 aliphatic rings. The average molecular weight is 589 g/mol. The zero-order valence-electron chi connectivity index (χ0n) is 22.7. The largest absolute Gasteiger partial charge is 0.481 e. The lowest BCUT2D eigenvalue weighted by molar-refractivity contribution is -0.137. The van der Waals surface area contributed by atoms with Crippen molar-refractivity contribution in [2.75, 3.05) is 0 Å². The Balaban J connectivity index is 0.000000141. The molecule has 2 aliphatic heterocycles. The first-order valence-electron chi connectivity index (χ1n) is 13.6. The lowest BCUT2D eigenvalue weighted by atomic mass is 10.1. The minimum atomic E-state index is -0.873. The standard InChI is InChI=1S/C18H13NO4.C16H11NO2S/c20-16(21)10-9-15-19-17-11-5-1-3-7-13(11)22-14-8-4-2-6-12(14)18(17)23-15;18-9-14-17-15-10-5-1-3-7-12(10)20-13-8-4-2-6-11(13)16(15)19-14/h1-8H,9-10H2,(H,20,21);1-8,18H,9H2. The molecule has 0 fully saturated rings. The summed E-state index contributed by atoms with van der Waals surface area (Å²) in [6.07, 6.45) is 0.243. The van der Waals surface area contributed by atoms with E-state index in [2.05, 4.69) is 22.1 Å². The van der Waals surface area contributed by atoms with Crippen molar-refractivity contribution >= 4 is 17.7 Å². The number of fused-ring (bicyclic) bond motifs is 10. The zero-order valence-corrected chi connectivity index (χ0v) is 23.5. The molecule has 4 aromatic carbocycles. The number of aryl methyl sites for hydroxylation is 1. The van der Waals surface area contributed by atoms with Gasteiger partial charge in [-0.05, 0) is 36.4 Å². The van der Waals surface area contributed by atoms with Gasteiger partial charge in [0.05, 0.1) is 12.0 Å². The highest BCUT2D eigenvalue weighted by Crippen LogP contribution is 2.48. The number of benzene rings is 4. The summed E-state index contributed by atoms with van der Waals surface area (Å²) < 4.78 is 17.6. The van der Waals surface area contributed by atoms with Crippen LogP contribution in [0.3, 0.4) is 0 Å². The smallest absolute Gasteiger partial charge is 0.303 e. The number of ether oxygens (including phenoxy) is 1. The summed E-state index contributed by atoms with van der Waals surface area (Å²) >= 11 is 1.72. The topological polar surface area (TPSA) is 119 Å². The molecule has 9 heteroatoms. The highest BCUT2D eigenvalue weighted by atomic mass is 32.2. The Labute approximate surface area is 250 Å². The third-order valence-electron chi connectivity index (χ3n) is 7.02. The van der Waals surface area contributed by atoms with Crippen LogP contribution in [0.15, 0.2) is 116 Å². The maximum absolute atomic E-state index is 10.8. The van der Waals surface area contributed by atoms with Gasteiger partial charge < -0.3 is 23.8 Å². The monoisotopic (exact) mass is 588 g/mol. The SMILES string of the molecule is O=C(O)CCc1nc2c(o1)-c1ccccc1Oc1ccccc1-2.OCc1nc2c(o1)-c1ccccc1Sc1ccccc1-2. The van der Waals surface area contributed by atoms with E-state index < -0.39 is 5.97 Å². The van der Waals surface area contributed by atoms with E-state index in [9.17, 15) is 9.90 Å². The van der Waals surface area contributed by atoms with Crippen LogP contribution < -0.4 is 4.74 Å². The van der Waals surface area contributed by atoms with Crippen LogP contribution in [0.25, 0.3) is 45.2 Å². The van der Waals surface area contributed by atoms with Crippen molar-refractivity contribution in [3.63, 3.8) is 0 Å². The molecule has 0 aliphatic carbocycles. The van der Waals surface area contributed by atoms with Crippen molar-refractivity contribution in [3.8, 4) is 56.7 Å². The van der Waals surface area contributed by atoms with Crippen LogP contribution >= 0.6 is 11.8 Å². The van der Waals surface area contributed by atoms with Crippen LogP contribution in [0.1, 0.15) is 18.2 Å². The van der Waals surface area contributed by atoms with Gasteiger partial charge in [-0.25, -0.2) is 9.97 Å². The van der Waals surface area contributed by atoms with Crippen molar-refractivity contribution < 1.29 is 28.6 Å². The summed E-state index contributed by atoms with van der Waals surface area (Å²) in [7, 11) is 0. The molecule has 0 atom stereocenters. The predicted molar refractivity (Wildman–Crippen MR) is 161 cm³/mol. The molecule has 6 aromatic rings. The maximum atomic E-state index is 10.8. The number of carbonyl (C=O) groups is 1. The molecule has 8 rings (SSSR count).